The zero-order valence-corrected chi connectivity index (χ0v) is 15.7. The van der Waals surface area contributed by atoms with Gasteiger partial charge in [0, 0.05) is 31.5 Å². The Bertz CT molecular complexity index is 884. The zero-order chi connectivity index (χ0) is 18.9. The minimum absolute atomic E-state index is 0.158. The van der Waals surface area contributed by atoms with E-state index in [9.17, 15) is 18.3 Å². The number of carbonyl (C=O) groups is 1. The van der Waals surface area contributed by atoms with Gasteiger partial charge in [0.05, 0.1) is 11.5 Å². The van der Waals surface area contributed by atoms with Gasteiger partial charge in [0.1, 0.15) is 5.69 Å². The zero-order valence-electron chi connectivity index (χ0n) is 14.8. The van der Waals surface area contributed by atoms with E-state index in [0.717, 1.165) is 12.0 Å². The summed E-state index contributed by atoms with van der Waals surface area (Å²) in [7, 11) is -1.85. The molecule has 0 aliphatic carbocycles. The summed E-state index contributed by atoms with van der Waals surface area (Å²) in [6, 6.07) is 7.61. The molecule has 1 fully saturated rings. The van der Waals surface area contributed by atoms with Crippen molar-refractivity contribution in [2.24, 2.45) is 7.05 Å². The third-order valence-corrected chi connectivity index (χ3v) is 6.71. The Morgan fingerprint density at radius 2 is 1.96 bits per heavy atom. The molecule has 1 aromatic carbocycles. The molecule has 2 aromatic rings. The van der Waals surface area contributed by atoms with Gasteiger partial charge in [-0.05, 0) is 55.7 Å². The molecule has 0 unspecified atom stereocenters. The van der Waals surface area contributed by atoms with Gasteiger partial charge >= 0.3 is 0 Å². The molecule has 0 spiro atoms. The number of hydrogen-bond acceptors (Lipinski definition) is 4. The summed E-state index contributed by atoms with van der Waals surface area (Å²) in [4.78, 5) is 12.6. The molecule has 8 heteroatoms. The second-order valence-corrected chi connectivity index (χ2v) is 8.42. The van der Waals surface area contributed by atoms with Crippen molar-refractivity contribution in [3.8, 4) is 0 Å². The number of rotatable bonds is 5. The third kappa shape index (κ3) is 3.40. The second-order valence-electron chi connectivity index (χ2n) is 6.53. The van der Waals surface area contributed by atoms with Gasteiger partial charge in [0.2, 0.25) is 10.0 Å². The molecule has 140 valence electrons. The molecular weight excluding hydrogens is 354 g/mol. The Morgan fingerprint density at radius 3 is 2.54 bits per heavy atom. The van der Waals surface area contributed by atoms with Crippen LogP contribution in [0, 0.1) is 6.92 Å². The highest BCUT2D eigenvalue weighted by atomic mass is 32.2. The summed E-state index contributed by atoms with van der Waals surface area (Å²) < 4.78 is 28.6. The van der Waals surface area contributed by atoms with Crippen LogP contribution in [0.2, 0.25) is 0 Å². The van der Waals surface area contributed by atoms with Crippen molar-refractivity contribution in [2.75, 3.05) is 18.5 Å². The Labute approximate surface area is 153 Å². The topological polar surface area (TPSA) is 91.6 Å². The fourth-order valence-corrected chi connectivity index (χ4v) is 5.02. The summed E-state index contributed by atoms with van der Waals surface area (Å²) in [5.74, 6) is -0.245. The molecule has 0 bridgehead atoms. The largest absolute Gasteiger partial charge is 0.395 e. The number of aromatic nitrogens is 1. The Morgan fingerprint density at radius 1 is 1.27 bits per heavy atom. The van der Waals surface area contributed by atoms with Crippen molar-refractivity contribution in [2.45, 2.75) is 30.7 Å². The van der Waals surface area contributed by atoms with Gasteiger partial charge in [-0.3, -0.25) is 4.79 Å². The summed E-state index contributed by atoms with van der Waals surface area (Å²) in [6.45, 7) is 2.10. The van der Waals surface area contributed by atoms with Crippen molar-refractivity contribution in [1.29, 1.82) is 0 Å². The molecule has 3 rings (SSSR count). The molecule has 1 aliphatic heterocycles. The molecule has 7 nitrogen and oxygen atoms in total. The second kappa shape index (κ2) is 7.22. The standard InChI is InChI=1S/C18H23N3O4S/c1-13-9-11-20(2)17(13)18(23)19-14-5-7-16(8-6-14)26(24,25)21-10-3-4-15(21)12-22/h5-9,11,15,22H,3-4,10,12H2,1-2H3,(H,19,23)/t15-/m0/s1. The lowest BCUT2D eigenvalue weighted by Gasteiger charge is -2.22. The first-order chi connectivity index (χ1) is 12.3. The van der Waals surface area contributed by atoms with E-state index in [4.69, 9.17) is 0 Å². The first-order valence-electron chi connectivity index (χ1n) is 8.50. The molecular formula is C18H23N3O4S. The lowest BCUT2D eigenvalue weighted by atomic mass is 10.2. The Balaban J connectivity index is 1.77. The fourth-order valence-electron chi connectivity index (χ4n) is 3.34. The number of nitrogens with zero attached hydrogens (tertiary/aromatic N) is 2. The molecule has 1 amide bonds. The molecule has 1 aliphatic rings. The van der Waals surface area contributed by atoms with Crippen LogP contribution in [0.1, 0.15) is 28.9 Å². The van der Waals surface area contributed by atoms with Gasteiger partial charge in [-0.25, -0.2) is 8.42 Å². The van der Waals surface area contributed by atoms with Crippen LogP contribution in [0.4, 0.5) is 5.69 Å². The minimum atomic E-state index is -3.65. The summed E-state index contributed by atoms with van der Waals surface area (Å²) in [6.07, 6.45) is 3.22. The average molecular weight is 377 g/mol. The number of anilines is 1. The van der Waals surface area contributed by atoms with Crippen molar-refractivity contribution >= 4 is 21.6 Å². The Kier molecular flexibility index (Phi) is 5.17. The van der Waals surface area contributed by atoms with Crippen LogP contribution >= 0.6 is 0 Å². The predicted octanol–water partition coefficient (Wildman–Crippen LogP) is 1.73. The van der Waals surface area contributed by atoms with E-state index < -0.39 is 10.0 Å². The molecule has 2 N–H and O–H groups in total. The van der Waals surface area contributed by atoms with Gasteiger partial charge in [-0.2, -0.15) is 4.31 Å². The van der Waals surface area contributed by atoms with Crippen molar-refractivity contribution in [3.05, 3.63) is 47.8 Å². The highest BCUT2D eigenvalue weighted by Gasteiger charge is 2.34. The van der Waals surface area contributed by atoms with E-state index >= 15 is 0 Å². The maximum atomic E-state index is 12.7. The van der Waals surface area contributed by atoms with Crippen LogP contribution < -0.4 is 5.32 Å². The Hall–Kier alpha value is -2.16. The quantitative estimate of drug-likeness (QED) is 0.830. The smallest absolute Gasteiger partial charge is 0.272 e. The van der Waals surface area contributed by atoms with Gasteiger partial charge in [0.15, 0.2) is 0 Å². The van der Waals surface area contributed by atoms with Crippen molar-refractivity contribution < 1.29 is 18.3 Å². The lowest BCUT2D eigenvalue weighted by Crippen LogP contribution is -2.37. The van der Waals surface area contributed by atoms with Gasteiger partial charge in [-0.15, -0.1) is 0 Å². The number of hydrogen-bond donors (Lipinski definition) is 2. The minimum Gasteiger partial charge on any atom is -0.395 e. The SMILES string of the molecule is Cc1ccn(C)c1C(=O)Nc1ccc(S(=O)(=O)N2CCC[C@H]2CO)cc1. The van der Waals surface area contributed by atoms with E-state index in [1.54, 1.807) is 23.7 Å². The first-order valence-corrected chi connectivity index (χ1v) is 9.94. The van der Waals surface area contributed by atoms with E-state index in [1.165, 1.54) is 16.4 Å². The average Bonchev–Trinajstić information content (AvgIpc) is 3.22. The van der Waals surface area contributed by atoms with Crippen LogP contribution in [0.15, 0.2) is 41.4 Å². The van der Waals surface area contributed by atoms with E-state index in [2.05, 4.69) is 5.32 Å². The number of aryl methyl sites for hydroxylation is 2. The summed E-state index contributed by atoms with van der Waals surface area (Å²) in [5.41, 5.74) is 1.95. The molecule has 1 atom stereocenters. The highest BCUT2D eigenvalue weighted by Crippen LogP contribution is 2.26. The monoisotopic (exact) mass is 377 g/mol. The summed E-state index contributed by atoms with van der Waals surface area (Å²) in [5, 5.41) is 12.2. The van der Waals surface area contributed by atoms with Crippen LogP contribution in [0.25, 0.3) is 0 Å². The van der Waals surface area contributed by atoms with Crippen LogP contribution in [0.5, 0.6) is 0 Å². The van der Waals surface area contributed by atoms with Crippen LogP contribution in [-0.4, -0.2) is 47.5 Å². The predicted molar refractivity (Wildman–Crippen MR) is 98.5 cm³/mol. The molecule has 0 saturated carbocycles. The number of nitrogens with one attached hydrogen (secondary N) is 1. The van der Waals surface area contributed by atoms with Crippen molar-refractivity contribution in [1.82, 2.24) is 8.87 Å². The first kappa shape index (κ1) is 18.6. The number of carbonyl (C=O) groups excluding carboxylic acids is 1. The van der Waals surface area contributed by atoms with Crippen molar-refractivity contribution in [3.63, 3.8) is 0 Å². The number of aliphatic hydroxyl groups excluding tert-OH is 1. The lowest BCUT2D eigenvalue weighted by molar-refractivity contribution is 0.101. The van der Waals surface area contributed by atoms with E-state index in [1.807, 2.05) is 19.2 Å². The third-order valence-electron chi connectivity index (χ3n) is 4.74. The van der Waals surface area contributed by atoms with Gasteiger partial charge < -0.3 is 15.0 Å². The number of benzene rings is 1. The fraction of sp³-hybridized carbons (Fsp3) is 0.389. The van der Waals surface area contributed by atoms with Crippen LogP contribution in [-0.2, 0) is 17.1 Å². The van der Waals surface area contributed by atoms with Gasteiger partial charge in [0.25, 0.3) is 5.91 Å². The molecule has 1 saturated heterocycles. The molecule has 0 radical (unpaired) electrons. The van der Waals surface area contributed by atoms with E-state index in [0.29, 0.717) is 24.3 Å². The van der Waals surface area contributed by atoms with Crippen LogP contribution in [0.3, 0.4) is 0 Å². The number of aliphatic hydroxyl groups is 1. The number of amides is 1. The normalized spacial score (nSPS) is 18.2. The van der Waals surface area contributed by atoms with Gasteiger partial charge in [-0.1, -0.05) is 0 Å². The molecule has 1 aromatic heterocycles. The molecule has 26 heavy (non-hydrogen) atoms. The van der Waals surface area contributed by atoms with E-state index in [-0.39, 0.29) is 23.5 Å². The number of sulfonamides is 1. The summed E-state index contributed by atoms with van der Waals surface area (Å²) >= 11 is 0. The highest BCUT2D eigenvalue weighted by molar-refractivity contribution is 7.89. The molecule has 2 heterocycles. The maximum Gasteiger partial charge on any atom is 0.272 e. The maximum absolute atomic E-state index is 12.7.